The molecule has 0 radical (unpaired) electrons. The summed E-state index contributed by atoms with van der Waals surface area (Å²) in [6.07, 6.45) is 0. The smallest absolute Gasteiger partial charge is 0.337 e. The van der Waals surface area contributed by atoms with Crippen molar-refractivity contribution in [3.05, 3.63) is 63.1 Å². The zero-order valence-corrected chi connectivity index (χ0v) is 13.1. The number of hydrogen-bond donors (Lipinski definition) is 0. The Hall–Kier alpha value is -1.26. The van der Waals surface area contributed by atoms with Crippen LogP contribution >= 0.6 is 34.8 Å². The van der Waals surface area contributed by atoms with Crippen LogP contribution in [0.25, 0.3) is 0 Å². The fourth-order valence-electron chi connectivity index (χ4n) is 1.60. The minimum atomic E-state index is -0.586. The van der Waals surface area contributed by atoms with Gasteiger partial charge in [-0.2, -0.15) is 0 Å². The molecule has 6 heteroatoms. The van der Waals surface area contributed by atoms with Crippen LogP contribution in [-0.4, -0.2) is 12.6 Å². The van der Waals surface area contributed by atoms with E-state index in [1.165, 1.54) is 12.1 Å². The van der Waals surface area contributed by atoms with Gasteiger partial charge in [0, 0.05) is 5.02 Å². The van der Waals surface area contributed by atoms with Gasteiger partial charge in [-0.25, -0.2) is 4.79 Å². The van der Waals surface area contributed by atoms with Crippen molar-refractivity contribution in [3.63, 3.8) is 0 Å². The Morgan fingerprint density at radius 3 is 2.24 bits per heavy atom. The number of halogens is 3. The van der Waals surface area contributed by atoms with Crippen molar-refractivity contribution in [1.29, 1.82) is 0 Å². The van der Waals surface area contributed by atoms with Gasteiger partial charge in [-0.3, -0.25) is 0 Å². The molecule has 0 saturated carbocycles. The molecule has 2 rings (SSSR count). The molecule has 0 heterocycles. The van der Waals surface area contributed by atoms with Gasteiger partial charge < -0.3 is 9.47 Å². The van der Waals surface area contributed by atoms with E-state index in [1.807, 2.05) is 30.3 Å². The molecular formula is C15H11Cl3O3. The number of ether oxygens (including phenoxy) is 2. The lowest BCUT2D eigenvalue weighted by Crippen LogP contribution is -2.16. The monoisotopic (exact) mass is 344 g/mol. The van der Waals surface area contributed by atoms with E-state index in [1.54, 1.807) is 0 Å². The second-order valence-corrected chi connectivity index (χ2v) is 5.40. The normalized spacial score (nSPS) is 10.4. The minimum absolute atomic E-state index is 0.0797. The number of benzene rings is 2. The molecule has 0 saturated heterocycles. The Labute approximate surface area is 137 Å². The zero-order chi connectivity index (χ0) is 15.2. The van der Waals surface area contributed by atoms with E-state index in [0.29, 0.717) is 11.6 Å². The van der Waals surface area contributed by atoms with Crippen molar-refractivity contribution in [2.45, 2.75) is 6.61 Å². The molecule has 0 unspecified atom stereocenters. The molecule has 0 aromatic heterocycles. The summed E-state index contributed by atoms with van der Waals surface area (Å²) >= 11 is 17.6. The van der Waals surface area contributed by atoms with Gasteiger partial charge in [0.2, 0.25) is 0 Å². The van der Waals surface area contributed by atoms with Crippen LogP contribution in [0.4, 0.5) is 0 Å². The van der Waals surface area contributed by atoms with Crippen LogP contribution in [0.3, 0.4) is 0 Å². The molecular weight excluding hydrogens is 335 g/mol. The summed E-state index contributed by atoms with van der Waals surface area (Å²) in [5.74, 6) is -0.506. The van der Waals surface area contributed by atoms with Crippen molar-refractivity contribution in [2.24, 2.45) is 0 Å². The SMILES string of the molecule is O=C(COCc1ccccc1)Oc1c(Cl)cc(Cl)cc1Cl. The number of carbonyl (C=O) groups excluding carboxylic acids is 1. The van der Waals surface area contributed by atoms with Gasteiger partial charge in [0.05, 0.1) is 16.7 Å². The topological polar surface area (TPSA) is 35.5 Å². The number of hydrogen-bond acceptors (Lipinski definition) is 3. The Morgan fingerprint density at radius 1 is 1.00 bits per heavy atom. The summed E-state index contributed by atoms with van der Waals surface area (Å²) in [4.78, 5) is 11.7. The van der Waals surface area contributed by atoms with Crippen molar-refractivity contribution in [2.75, 3.05) is 6.61 Å². The van der Waals surface area contributed by atoms with Gasteiger partial charge in [0.15, 0.2) is 5.75 Å². The first-order valence-electron chi connectivity index (χ1n) is 6.03. The first kappa shape index (κ1) is 16.1. The van der Waals surface area contributed by atoms with Gasteiger partial charge in [0.25, 0.3) is 0 Å². The summed E-state index contributed by atoms with van der Waals surface area (Å²) in [6.45, 7) is 0.113. The third-order valence-electron chi connectivity index (χ3n) is 2.51. The van der Waals surface area contributed by atoms with E-state index < -0.39 is 5.97 Å². The molecule has 2 aromatic rings. The second-order valence-electron chi connectivity index (χ2n) is 4.15. The maximum absolute atomic E-state index is 11.7. The van der Waals surface area contributed by atoms with Crippen molar-refractivity contribution < 1.29 is 14.3 Å². The highest BCUT2D eigenvalue weighted by atomic mass is 35.5. The third kappa shape index (κ3) is 4.90. The Bertz CT molecular complexity index is 606. The van der Waals surface area contributed by atoms with Crippen LogP contribution in [0.1, 0.15) is 5.56 Å². The van der Waals surface area contributed by atoms with E-state index in [2.05, 4.69) is 0 Å². The molecule has 0 spiro atoms. The summed E-state index contributed by atoms with van der Waals surface area (Å²) in [5.41, 5.74) is 0.966. The molecule has 0 fully saturated rings. The third-order valence-corrected chi connectivity index (χ3v) is 3.29. The molecule has 2 aromatic carbocycles. The highest BCUT2D eigenvalue weighted by Gasteiger charge is 2.13. The maximum Gasteiger partial charge on any atom is 0.337 e. The lowest BCUT2D eigenvalue weighted by atomic mass is 10.2. The summed E-state index contributed by atoms with van der Waals surface area (Å²) < 4.78 is 10.4. The van der Waals surface area contributed by atoms with Gasteiger partial charge in [-0.15, -0.1) is 0 Å². The van der Waals surface area contributed by atoms with E-state index in [0.717, 1.165) is 5.56 Å². The maximum atomic E-state index is 11.7. The number of rotatable bonds is 5. The molecule has 21 heavy (non-hydrogen) atoms. The van der Waals surface area contributed by atoms with Crippen molar-refractivity contribution >= 4 is 40.8 Å². The van der Waals surface area contributed by atoms with E-state index >= 15 is 0 Å². The summed E-state index contributed by atoms with van der Waals surface area (Å²) in [7, 11) is 0. The Morgan fingerprint density at radius 2 is 1.62 bits per heavy atom. The quantitative estimate of drug-likeness (QED) is 0.578. The predicted octanol–water partition coefficient (Wildman–Crippen LogP) is 4.77. The van der Waals surface area contributed by atoms with Gasteiger partial charge in [0.1, 0.15) is 6.61 Å². The van der Waals surface area contributed by atoms with Crippen molar-refractivity contribution in [1.82, 2.24) is 0 Å². The van der Waals surface area contributed by atoms with Gasteiger partial charge >= 0.3 is 5.97 Å². The largest absolute Gasteiger partial charge is 0.422 e. The minimum Gasteiger partial charge on any atom is -0.422 e. The average molecular weight is 346 g/mol. The van der Waals surface area contributed by atoms with Crippen LogP contribution in [-0.2, 0) is 16.1 Å². The Kier molecular flexibility index (Phi) is 5.88. The van der Waals surface area contributed by atoms with Crippen LogP contribution in [0.15, 0.2) is 42.5 Å². The van der Waals surface area contributed by atoms with Gasteiger partial charge in [-0.1, -0.05) is 65.1 Å². The average Bonchev–Trinajstić information content (AvgIpc) is 2.44. The predicted molar refractivity (Wildman–Crippen MR) is 83.2 cm³/mol. The molecule has 0 atom stereocenters. The number of carbonyl (C=O) groups is 1. The molecule has 0 bridgehead atoms. The molecule has 0 aliphatic heterocycles. The molecule has 110 valence electrons. The van der Waals surface area contributed by atoms with E-state index in [9.17, 15) is 4.79 Å². The van der Waals surface area contributed by atoms with Crippen molar-refractivity contribution in [3.8, 4) is 5.75 Å². The fourth-order valence-corrected chi connectivity index (χ4v) is 2.49. The fraction of sp³-hybridized carbons (Fsp3) is 0.133. The highest BCUT2D eigenvalue weighted by Crippen LogP contribution is 2.35. The first-order chi connectivity index (χ1) is 10.1. The van der Waals surface area contributed by atoms with Crippen LogP contribution < -0.4 is 4.74 Å². The second kappa shape index (κ2) is 7.66. The lowest BCUT2D eigenvalue weighted by molar-refractivity contribution is -0.139. The van der Waals surface area contributed by atoms with Gasteiger partial charge in [-0.05, 0) is 17.7 Å². The molecule has 3 nitrogen and oxygen atoms in total. The van der Waals surface area contributed by atoms with E-state index in [4.69, 9.17) is 44.3 Å². The van der Waals surface area contributed by atoms with Crippen LogP contribution in [0.2, 0.25) is 15.1 Å². The zero-order valence-electron chi connectivity index (χ0n) is 10.8. The standard InChI is InChI=1S/C15H11Cl3O3/c16-11-6-12(17)15(13(18)7-11)21-14(19)9-20-8-10-4-2-1-3-5-10/h1-7H,8-9H2. The first-order valence-corrected chi connectivity index (χ1v) is 7.16. The molecule has 0 aliphatic carbocycles. The molecule has 0 amide bonds. The van der Waals surface area contributed by atoms with Crippen LogP contribution in [0.5, 0.6) is 5.75 Å². The Balaban J connectivity index is 1.88. The molecule has 0 N–H and O–H groups in total. The van der Waals surface area contributed by atoms with Crippen LogP contribution in [0, 0.1) is 0 Å². The number of esters is 1. The lowest BCUT2D eigenvalue weighted by Gasteiger charge is -2.09. The highest BCUT2D eigenvalue weighted by molar-refractivity contribution is 6.40. The van der Waals surface area contributed by atoms with E-state index in [-0.39, 0.29) is 22.4 Å². The summed E-state index contributed by atoms with van der Waals surface area (Å²) in [5, 5.41) is 0.706. The summed E-state index contributed by atoms with van der Waals surface area (Å²) in [6, 6.07) is 12.4. The molecule has 0 aliphatic rings.